The van der Waals surface area contributed by atoms with Gasteiger partial charge in [-0.1, -0.05) is 48.5 Å². The standard InChI is InChI=1S/C24H26N6O4/c1-15-9-7-8-12-19(15)34-14-18(31)13-30-20-21(29(3)24(33)26-22(20)32)25-23(30)28-27-16(2)17-10-5-4-6-11-17/h4-12,18,31H,13-14H2,1-3H3,(H,25,28)(H,26,32,33)/b27-16-/t18-/m0/s1. The number of hydrogen-bond donors (Lipinski definition) is 3. The number of ether oxygens (including phenoxy) is 1. The number of imidazole rings is 1. The van der Waals surface area contributed by atoms with E-state index in [0.717, 1.165) is 11.1 Å². The van der Waals surface area contributed by atoms with E-state index in [0.29, 0.717) is 11.5 Å². The van der Waals surface area contributed by atoms with Gasteiger partial charge in [0.2, 0.25) is 5.95 Å². The Balaban J connectivity index is 1.66. The number of aromatic nitrogens is 4. The molecule has 10 heteroatoms. The van der Waals surface area contributed by atoms with Crippen molar-refractivity contribution in [1.82, 2.24) is 19.1 Å². The first-order chi connectivity index (χ1) is 16.3. The van der Waals surface area contributed by atoms with Gasteiger partial charge in [0.05, 0.1) is 12.3 Å². The van der Waals surface area contributed by atoms with Gasteiger partial charge in [-0.2, -0.15) is 10.1 Å². The highest BCUT2D eigenvalue weighted by atomic mass is 16.5. The number of hydrazone groups is 1. The van der Waals surface area contributed by atoms with Crippen LogP contribution >= 0.6 is 0 Å². The molecule has 2 aromatic heterocycles. The predicted molar refractivity (Wildman–Crippen MR) is 131 cm³/mol. The van der Waals surface area contributed by atoms with E-state index >= 15 is 0 Å². The Bertz CT molecular complexity index is 1450. The number of aryl methyl sites for hydroxylation is 2. The minimum absolute atomic E-state index is 0.0000530. The normalized spacial score (nSPS) is 12.6. The maximum Gasteiger partial charge on any atom is 0.329 e. The lowest BCUT2D eigenvalue weighted by atomic mass is 10.1. The molecule has 0 spiro atoms. The molecule has 3 N–H and O–H groups in total. The summed E-state index contributed by atoms with van der Waals surface area (Å²) in [6.45, 7) is 3.74. The second kappa shape index (κ2) is 9.75. The van der Waals surface area contributed by atoms with Crippen LogP contribution in [-0.4, -0.2) is 42.6 Å². The Hall–Kier alpha value is -4.18. The second-order valence-electron chi connectivity index (χ2n) is 7.94. The molecule has 34 heavy (non-hydrogen) atoms. The smallest absolute Gasteiger partial charge is 0.329 e. The van der Waals surface area contributed by atoms with Gasteiger partial charge in [0.1, 0.15) is 18.5 Å². The number of para-hydroxylation sites is 1. The lowest BCUT2D eigenvalue weighted by Crippen LogP contribution is -2.30. The number of aromatic amines is 1. The Morgan fingerprint density at radius 3 is 2.62 bits per heavy atom. The highest BCUT2D eigenvalue weighted by molar-refractivity contribution is 5.99. The van der Waals surface area contributed by atoms with Crippen LogP contribution in [0.25, 0.3) is 11.2 Å². The van der Waals surface area contributed by atoms with Gasteiger partial charge in [-0.25, -0.2) is 10.2 Å². The van der Waals surface area contributed by atoms with E-state index in [1.165, 1.54) is 16.2 Å². The van der Waals surface area contributed by atoms with E-state index < -0.39 is 17.4 Å². The van der Waals surface area contributed by atoms with Crippen LogP contribution in [0.15, 0.2) is 69.3 Å². The Morgan fingerprint density at radius 1 is 1.18 bits per heavy atom. The highest BCUT2D eigenvalue weighted by Gasteiger charge is 2.20. The third-order valence-electron chi connectivity index (χ3n) is 5.44. The zero-order valence-corrected chi connectivity index (χ0v) is 19.1. The SMILES string of the molecule is C/C(=N/Nc1nc2c(c(=O)[nH]c(=O)n2C)n1C[C@H](O)COc1ccccc1C)c1ccccc1. The van der Waals surface area contributed by atoms with Crippen molar-refractivity contribution in [3.05, 3.63) is 86.6 Å². The molecule has 0 amide bonds. The van der Waals surface area contributed by atoms with Crippen LogP contribution in [0.2, 0.25) is 0 Å². The van der Waals surface area contributed by atoms with E-state index in [4.69, 9.17) is 4.74 Å². The monoisotopic (exact) mass is 462 g/mol. The average Bonchev–Trinajstić information content (AvgIpc) is 3.19. The summed E-state index contributed by atoms with van der Waals surface area (Å²) in [7, 11) is 1.51. The van der Waals surface area contributed by atoms with Crippen molar-refractivity contribution in [2.45, 2.75) is 26.5 Å². The summed E-state index contributed by atoms with van der Waals surface area (Å²) in [5.41, 5.74) is 4.58. The number of aliphatic hydroxyl groups excluding tert-OH is 1. The summed E-state index contributed by atoms with van der Waals surface area (Å²) in [6.07, 6.45) is -0.964. The Labute approximate surface area is 195 Å². The zero-order chi connectivity index (χ0) is 24.2. The third-order valence-corrected chi connectivity index (χ3v) is 5.44. The molecule has 0 saturated heterocycles. The number of aliphatic hydroxyl groups is 1. The lowest BCUT2D eigenvalue weighted by molar-refractivity contribution is 0.0935. The van der Waals surface area contributed by atoms with Gasteiger partial charge in [-0.05, 0) is 31.0 Å². The summed E-state index contributed by atoms with van der Waals surface area (Å²) in [5.74, 6) is 0.880. The van der Waals surface area contributed by atoms with Gasteiger partial charge < -0.3 is 14.4 Å². The Morgan fingerprint density at radius 2 is 1.88 bits per heavy atom. The van der Waals surface area contributed by atoms with Crippen molar-refractivity contribution >= 4 is 22.8 Å². The maximum atomic E-state index is 12.6. The average molecular weight is 463 g/mol. The molecule has 1 atom stereocenters. The molecular weight excluding hydrogens is 436 g/mol. The summed E-state index contributed by atoms with van der Waals surface area (Å²) < 4.78 is 8.50. The fourth-order valence-electron chi connectivity index (χ4n) is 3.54. The van der Waals surface area contributed by atoms with Gasteiger partial charge >= 0.3 is 5.69 Å². The topological polar surface area (TPSA) is 127 Å². The van der Waals surface area contributed by atoms with Crippen LogP contribution in [0.5, 0.6) is 5.75 Å². The third kappa shape index (κ3) is 4.76. The molecule has 4 rings (SSSR count). The minimum Gasteiger partial charge on any atom is -0.491 e. The van der Waals surface area contributed by atoms with E-state index in [-0.39, 0.29) is 30.3 Å². The van der Waals surface area contributed by atoms with Crippen LogP contribution in [0.4, 0.5) is 5.95 Å². The molecule has 0 aliphatic heterocycles. The predicted octanol–water partition coefficient (Wildman–Crippen LogP) is 2.01. The number of nitrogens with one attached hydrogen (secondary N) is 2. The van der Waals surface area contributed by atoms with Crippen molar-refractivity contribution < 1.29 is 9.84 Å². The van der Waals surface area contributed by atoms with Crippen molar-refractivity contribution in [2.75, 3.05) is 12.0 Å². The number of fused-ring (bicyclic) bond motifs is 1. The van der Waals surface area contributed by atoms with Crippen LogP contribution in [-0.2, 0) is 13.6 Å². The van der Waals surface area contributed by atoms with Crippen LogP contribution in [0.1, 0.15) is 18.1 Å². The van der Waals surface area contributed by atoms with Crippen molar-refractivity contribution in [3.8, 4) is 5.75 Å². The number of hydrogen-bond acceptors (Lipinski definition) is 7. The lowest BCUT2D eigenvalue weighted by Gasteiger charge is -2.16. The highest BCUT2D eigenvalue weighted by Crippen LogP contribution is 2.19. The molecule has 0 bridgehead atoms. The first kappa shape index (κ1) is 23.0. The number of benzene rings is 2. The molecule has 0 aliphatic rings. The van der Waals surface area contributed by atoms with Gasteiger partial charge in [-0.15, -0.1) is 0 Å². The zero-order valence-electron chi connectivity index (χ0n) is 19.1. The summed E-state index contributed by atoms with van der Waals surface area (Å²) in [6, 6.07) is 17.1. The number of H-pyrrole nitrogens is 1. The number of anilines is 1. The number of rotatable bonds is 8. The summed E-state index contributed by atoms with van der Waals surface area (Å²) in [4.78, 5) is 31.4. The number of nitrogens with zero attached hydrogens (tertiary/aromatic N) is 4. The molecular formula is C24H26N6O4. The fraction of sp³-hybridized carbons (Fsp3) is 0.250. The fourth-order valence-corrected chi connectivity index (χ4v) is 3.54. The molecule has 176 valence electrons. The second-order valence-corrected chi connectivity index (χ2v) is 7.94. The quantitative estimate of drug-likeness (QED) is 0.272. The minimum atomic E-state index is -0.964. The van der Waals surface area contributed by atoms with Crippen molar-refractivity contribution in [2.24, 2.45) is 12.1 Å². The first-order valence-electron chi connectivity index (χ1n) is 10.8. The van der Waals surface area contributed by atoms with Crippen LogP contribution in [0.3, 0.4) is 0 Å². The van der Waals surface area contributed by atoms with E-state index in [2.05, 4.69) is 20.5 Å². The van der Waals surface area contributed by atoms with Crippen molar-refractivity contribution in [1.29, 1.82) is 0 Å². The molecule has 2 heterocycles. The molecule has 10 nitrogen and oxygen atoms in total. The van der Waals surface area contributed by atoms with E-state index in [9.17, 15) is 14.7 Å². The molecule has 0 fully saturated rings. The van der Waals surface area contributed by atoms with Gasteiger partial charge in [0, 0.05) is 7.05 Å². The molecule has 0 radical (unpaired) electrons. The molecule has 0 saturated carbocycles. The van der Waals surface area contributed by atoms with Gasteiger partial charge in [0.25, 0.3) is 5.56 Å². The molecule has 2 aromatic carbocycles. The van der Waals surface area contributed by atoms with Gasteiger partial charge in [0.15, 0.2) is 11.2 Å². The molecule has 0 unspecified atom stereocenters. The van der Waals surface area contributed by atoms with Crippen molar-refractivity contribution in [3.63, 3.8) is 0 Å². The van der Waals surface area contributed by atoms with Crippen LogP contribution in [0, 0.1) is 6.92 Å². The Kier molecular flexibility index (Phi) is 6.60. The van der Waals surface area contributed by atoms with E-state index in [1.807, 2.05) is 68.4 Å². The first-order valence-corrected chi connectivity index (χ1v) is 10.8. The molecule has 4 aromatic rings. The van der Waals surface area contributed by atoms with Crippen LogP contribution < -0.4 is 21.4 Å². The maximum absolute atomic E-state index is 12.6. The summed E-state index contributed by atoms with van der Waals surface area (Å²) >= 11 is 0. The summed E-state index contributed by atoms with van der Waals surface area (Å²) in [5, 5.41) is 15.1. The van der Waals surface area contributed by atoms with Gasteiger partial charge in [-0.3, -0.25) is 14.3 Å². The molecule has 0 aliphatic carbocycles. The largest absolute Gasteiger partial charge is 0.491 e. The van der Waals surface area contributed by atoms with E-state index in [1.54, 1.807) is 0 Å².